The van der Waals surface area contributed by atoms with Gasteiger partial charge < -0.3 is 10.1 Å². The largest absolute Gasteiger partial charge is 0.484 e. The molecule has 2 rings (SSSR count). The molecule has 2 aromatic carbocycles. The van der Waals surface area contributed by atoms with Gasteiger partial charge in [-0.25, -0.2) is 0 Å². The fourth-order valence-corrected chi connectivity index (χ4v) is 2.08. The lowest BCUT2D eigenvalue weighted by molar-refractivity contribution is -0.118. The Kier molecular flexibility index (Phi) is 5.04. The van der Waals surface area contributed by atoms with Gasteiger partial charge in [0.05, 0.1) is 0 Å². The average Bonchev–Trinajstić information content (AvgIpc) is 2.39. The molecule has 0 heterocycles. The van der Waals surface area contributed by atoms with Crippen LogP contribution >= 0.6 is 34.2 Å². The molecule has 0 spiro atoms. The summed E-state index contributed by atoms with van der Waals surface area (Å²) in [5.41, 5.74) is 0.695. The monoisotopic (exact) mass is 387 g/mol. The first-order valence-corrected chi connectivity index (χ1v) is 7.03. The van der Waals surface area contributed by atoms with Crippen molar-refractivity contribution in [3.63, 3.8) is 0 Å². The lowest BCUT2D eigenvalue weighted by Gasteiger charge is -2.07. The predicted molar refractivity (Wildman–Crippen MR) is 84.7 cm³/mol. The minimum absolute atomic E-state index is 0.0251. The van der Waals surface area contributed by atoms with E-state index in [1.165, 1.54) is 0 Å². The Balaban J connectivity index is 1.86. The Morgan fingerprint density at radius 3 is 2.63 bits per heavy atom. The summed E-state index contributed by atoms with van der Waals surface area (Å²) >= 11 is 7.96. The molecule has 19 heavy (non-hydrogen) atoms. The molecule has 5 heteroatoms. The number of carbonyl (C=O) groups is 1. The summed E-state index contributed by atoms with van der Waals surface area (Å²) in [6, 6.07) is 14.5. The van der Waals surface area contributed by atoms with Crippen LogP contribution in [0.1, 0.15) is 0 Å². The molecule has 0 unspecified atom stereocenters. The summed E-state index contributed by atoms with van der Waals surface area (Å²) in [7, 11) is 0. The van der Waals surface area contributed by atoms with Gasteiger partial charge in [-0.05, 0) is 65.1 Å². The first kappa shape index (κ1) is 14.1. The van der Waals surface area contributed by atoms with Gasteiger partial charge in [0.2, 0.25) is 0 Å². The predicted octanol–water partition coefficient (Wildman–Crippen LogP) is 3.96. The highest BCUT2D eigenvalue weighted by atomic mass is 127. The SMILES string of the molecule is O=C(COc1cccc(I)c1)Nc1ccc(Cl)cc1. The van der Waals surface area contributed by atoms with Crippen LogP contribution in [-0.2, 0) is 4.79 Å². The summed E-state index contributed by atoms with van der Waals surface area (Å²) in [6.07, 6.45) is 0. The van der Waals surface area contributed by atoms with E-state index < -0.39 is 0 Å². The molecule has 98 valence electrons. The molecule has 0 fully saturated rings. The molecule has 0 aromatic heterocycles. The second kappa shape index (κ2) is 6.77. The van der Waals surface area contributed by atoms with Crippen molar-refractivity contribution in [3.05, 3.63) is 57.1 Å². The number of benzene rings is 2. The van der Waals surface area contributed by atoms with Crippen molar-refractivity contribution in [2.24, 2.45) is 0 Å². The number of nitrogens with one attached hydrogen (secondary N) is 1. The maximum atomic E-state index is 11.7. The minimum Gasteiger partial charge on any atom is -0.484 e. The Bertz CT molecular complexity index is 572. The van der Waals surface area contributed by atoms with Crippen molar-refractivity contribution >= 4 is 45.8 Å². The van der Waals surface area contributed by atoms with E-state index in [0.717, 1.165) is 3.57 Å². The highest BCUT2D eigenvalue weighted by Gasteiger charge is 2.04. The van der Waals surface area contributed by atoms with E-state index in [1.807, 2.05) is 24.3 Å². The van der Waals surface area contributed by atoms with Gasteiger partial charge >= 0.3 is 0 Å². The number of hydrogen-bond donors (Lipinski definition) is 1. The second-order valence-corrected chi connectivity index (χ2v) is 5.48. The van der Waals surface area contributed by atoms with Gasteiger partial charge in [-0.1, -0.05) is 17.7 Å². The van der Waals surface area contributed by atoms with E-state index in [0.29, 0.717) is 16.5 Å². The third-order valence-corrected chi connectivity index (χ3v) is 3.22. The van der Waals surface area contributed by atoms with E-state index in [2.05, 4.69) is 27.9 Å². The molecular formula is C14H11ClINO2. The summed E-state index contributed by atoms with van der Waals surface area (Å²) in [6.45, 7) is -0.0251. The van der Waals surface area contributed by atoms with Crippen molar-refractivity contribution in [1.82, 2.24) is 0 Å². The third-order valence-electron chi connectivity index (χ3n) is 2.29. The normalized spacial score (nSPS) is 10.0. The van der Waals surface area contributed by atoms with Crippen molar-refractivity contribution in [1.29, 1.82) is 0 Å². The summed E-state index contributed by atoms with van der Waals surface area (Å²) in [5, 5.41) is 3.36. The van der Waals surface area contributed by atoms with Crippen molar-refractivity contribution in [2.75, 3.05) is 11.9 Å². The number of halogens is 2. The van der Waals surface area contributed by atoms with Crippen LogP contribution in [0.2, 0.25) is 5.02 Å². The van der Waals surface area contributed by atoms with Gasteiger partial charge in [0, 0.05) is 14.3 Å². The highest BCUT2D eigenvalue weighted by Crippen LogP contribution is 2.15. The van der Waals surface area contributed by atoms with Crippen LogP contribution in [-0.4, -0.2) is 12.5 Å². The Morgan fingerprint density at radius 1 is 1.21 bits per heavy atom. The van der Waals surface area contributed by atoms with Crippen LogP contribution in [0.15, 0.2) is 48.5 Å². The number of ether oxygens (including phenoxy) is 1. The minimum atomic E-state index is -0.207. The summed E-state index contributed by atoms with van der Waals surface area (Å²) in [4.78, 5) is 11.7. The molecule has 0 saturated carbocycles. The standard InChI is InChI=1S/C14H11ClINO2/c15-10-4-6-12(7-5-10)17-14(18)9-19-13-3-1-2-11(16)8-13/h1-8H,9H2,(H,17,18). The third kappa shape index (κ3) is 4.72. The number of amides is 1. The van der Waals surface area contributed by atoms with Crippen LogP contribution in [0, 0.1) is 3.57 Å². The average molecular weight is 388 g/mol. The topological polar surface area (TPSA) is 38.3 Å². The van der Waals surface area contributed by atoms with Crippen molar-refractivity contribution < 1.29 is 9.53 Å². The smallest absolute Gasteiger partial charge is 0.262 e. The van der Waals surface area contributed by atoms with Crippen LogP contribution in [0.4, 0.5) is 5.69 Å². The highest BCUT2D eigenvalue weighted by molar-refractivity contribution is 14.1. The van der Waals surface area contributed by atoms with Gasteiger partial charge in [-0.3, -0.25) is 4.79 Å². The van der Waals surface area contributed by atoms with Crippen LogP contribution in [0.5, 0.6) is 5.75 Å². The maximum Gasteiger partial charge on any atom is 0.262 e. The molecular weight excluding hydrogens is 377 g/mol. The van der Waals surface area contributed by atoms with Gasteiger partial charge in [0.25, 0.3) is 5.91 Å². The zero-order valence-corrected chi connectivity index (χ0v) is 12.8. The van der Waals surface area contributed by atoms with Crippen LogP contribution in [0.25, 0.3) is 0 Å². The zero-order chi connectivity index (χ0) is 13.7. The lowest BCUT2D eigenvalue weighted by Crippen LogP contribution is -2.20. The number of hydrogen-bond acceptors (Lipinski definition) is 2. The van der Waals surface area contributed by atoms with E-state index in [4.69, 9.17) is 16.3 Å². The number of anilines is 1. The van der Waals surface area contributed by atoms with Gasteiger partial charge in [0.1, 0.15) is 5.75 Å². The molecule has 2 aromatic rings. The van der Waals surface area contributed by atoms with Crippen molar-refractivity contribution in [3.8, 4) is 5.75 Å². The molecule has 1 amide bonds. The molecule has 0 aliphatic carbocycles. The molecule has 0 saturated heterocycles. The fourth-order valence-electron chi connectivity index (χ4n) is 1.44. The number of rotatable bonds is 4. The van der Waals surface area contributed by atoms with E-state index >= 15 is 0 Å². The van der Waals surface area contributed by atoms with Crippen LogP contribution in [0.3, 0.4) is 0 Å². The Hall–Kier alpha value is -1.27. The second-order valence-electron chi connectivity index (χ2n) is 3.80. The summed E-state index contributed by atoms with van der Waals surface area (Å²) in [5.74, 6) is 0.472. The summed E-state index contributed by atoms with van der Waals surface area (Å²) < 4.78 is 6.46. The number of carbonyl (C=O) groups excluding carboxylic acids is 1. The molecule has 0 atom stereocenters. The van der Waals surface area contributed by atoms with Gasteiger partial charge in [-0.2, -0.15) is 0 Å². The quantitative estimate of drug-likeness (QED) is 0.807. The molecule has 1 N–H and O–H groups in total. The molecule has 3 nitrogen and oxygen atoms in total. The van der Waals surface area contributed by atoms with E-state index in [9.17, 15) is 4.79 Å². The van der Waals surface area contributed by atoms with E-state index in [1.54, 1.807) is 24.3 Å². The molecule has 0 aliphatic rings. The van der Waals surface area contributed by atoms with Gasteiger partial charge in [0.15, 0.2) is 6.61 Å². The first-order valence-electron chi connectivity index (χ1n) is 5.57. The first-order chi connectivity index (χ1) is 9.13. The van der Waals surface area contributed by atoms with E-state index in [-0.39, 0.29) is 12.5 Å². The zero-order valence-electron chi connectivity index (χ0n) is 9.90. The maximum absolute atomic E-state index is 11.7. The molecule has 0 radical (unpaired) electrons. The van der Waals surface area contributed by atoms with Crippen molar-refractivity contribution in [2.45, 2.75) is 0 Å². The molecule has 0 aliphatic heterocycles. The van der Waals surface area contributed by atoms with Gasteiger partial charge in [-0.15, -0.1) is 0 Å². The Morgan fingerprint density at radius 2 is 1.95 bits per heavy atom. The van der Waals surface area contributed by atoms with Crippen LogP contribution < -0.4 is 10.1 Å². The Labute approximate surface area is 130 Å². The molecule has 0 bridgehead atoms. The lowest BCUT2D eigenvalue weighted by atomic mass is 10.3. The fraction of sp³-hybridized carbons (Fsp3) is 0.0714.